The third kappa shape index (κ3) is 3.80. The van der Waals surface area contributed by atoms with Gasteiger partial charge in [0.1, 0.15) is 0 Å². The highest BCUT2D eigenvalue weighted by atomic mass is 16.5. The van der Waals surface area contributed by atoms with Gasteiger partial charge in [0.25, 0.3) is 0 Å². The molecule has 4 nitrogen and oxygen atoms in total. The Kier molecular flexibility index (Phi) is 5.05. The molecule has 0 aromatic carbocycles. The van der Waals surface area contributed by atoms with Gasteiger partial charge >= 0.3 is 0 Å². The lowest BCUT2D eigenvalue weighted by atomic mass is 9.96. The standard InChI is InChI=1S/C11H21NO3/c1-9(8-13)7-10(2)11(14)12-3-5-15-6-4-12/h9-10,13H,3-8H2,1-2H3. The molecule has 88 valence electrons. The molecule has 0 aromatic heterocycles. The second-order valence-electron chi connectivity index (χ2n) is 4.36. The van der Waals surface area contributed by atoms with Crippen LogP contribution in [-0.2, 0) is 9.53 Å². The number of aliphatic hydroxyl groups excluding tert-OH is 1. The van der Waals surface area contributed by atoms with Gasteiger partial charge in [-0.25, -0.2) is 0 Å². The molecule has 1 heterocycles. The minimum atomic E-state index is 0.00486. The van der Waals surface area contributed by atoms with Gasteiger partial charge in [0.15, 0.2) is 0 Å². The van der Waals surface area contributed by atoms with E-state index in [0.29, 0.717) is 26.3 Å². The number of morpholine rings is 1. The Morgan fingerprint density at radius 1 is 1.40 bits per heavy atom. The van der Waals surface area contributed by atoms with Crippen molar-refractivity contribution in [3.63, 3.8) is 0 Å². The zero-order valence-corrected chi connectivity index (χ0v) is 9.61. The van der Waals surface area contributed by atoms with E-state index in [-0.39, 0.29) is 24.3 Å². The number of hydrogen-bond acceptors (Lipinski definition) is 3. The van der Waals surface area contributed by atoms with Crippen molar-refractivity contribution in [2.75, 3.05) is 32.9 Å². The third-order valence-electron chi connectivity index (χ3n) is 2.81. The van der Waals surface area contributed by atoms with Crippen molar-refractivity contribution >= 4 is 5.91 Å². The number of ether oxygens (including phenoxy) is 1. The molecule has 15 heavy (non-hydrogen) atoms. The predicted octanol–water partition coefficient (Wildman–Crippen LogP) is 0.500. The van der Waals surface area contributed by atoms with Gasteiger partial charge < -0.3 is 14.7 Å². The Labute approximate surface area is 91.2 Å². The number of nitrogens with zero attached hydrogens (tertiary/aromatic N) is 1. The first kappa shape index (κ1) is 12.5. The Morgan fingerprint density at radius 3 is 2.53 bits per heavy atom. The van der Waals surface area contributed by atoms with Gasteiger partial charge in [-0.1, -0.05) is 13.8 Å². The van der Waals surface area contributed by atoms with E-state index in [1.54, 1.807) is 0 Å². The molecule has 4 heteroatoms. The van der Waals surface area contributed by atoms with Crippen LogP contribution in [0.3, 0.4) is 0 Å². The van der Waals surface area contributed by atoms with Crippen molar-refractivity contribution in [1.82, 2.24) is 4.90 Å². The first-order valence-electron chi connectivity index (χ1n) is 5.62. The second kappa shape index (κ2) is 6.08. The summed E-state index contributed by atoms with van der Waals surface area (Å²) in [5.41, 5.74) is 0. The summed E-state index contributed by atoms with van der Waals surface area (Å²) in [7, 11) is 0. The quantitative estimate of drug-likeness (QED) is 0.743. The van der Waals surface area contributed by atoms with E-state index in [2.05, 4.69) is 0 Å². The minimum absolute atomic E-state index is 0.00486. The van der Waals surface area contributed by atoms with Crippen LogP contribution in [-0.4, -0.2) is 48.8 Å². The molecule has 1 saturated heterocycles. The van der Waals surface area contributed by atoms with Crippen LogP contribution < -0.4 is 0 Å². The van der Waals surface area contributed by atoms with E-state index in [9.17, 15) is 4.79 Å². The zero-order chi connectivity index (χ0) is 11.3. The maximum absolute atomic E-state index is 11.9. The van der Waals surface area contributed by atoms with Crippen molar-refractivity contribution in [2.24, 2.45) is 11.8 Å². The molecule has 1 aliphatic heterocycles. The van der Waals surface area contributed by atoms with Crippen LogP contribution in [0.5, 0.6) is 0 Å². The van der Waals surface area contributed by atoms with Crippen LogP contribution in [0.25, 0.3) is 0 Å². The largest absolute Gasteiger partial charge is 0.396 e. The molecule has 1 amide bonds. The smallest absolute Gasteiger partial charge is 0.225 e. The van der Waals surface area contributed by atoms with Crippen LogP contribution in [0.1, 0.15) is 20.3 Å². The van der Waals surface area contributed by atoms with Crippen LogP contribution in [0.4, 0.5) is 0 Å². The SMILES string of the molecule is CC(CO)CC(C)C(=O)N1CCOCC1. The van der Waals surface area contributed by atoms with Gasteiger partial charge in [-0.2, -0.15) is 0 Å². The molecular weight excluding hydrogens is 194 g/mol. The van der Waals surface area contributed by atoms with E-state index < -0.39 is 0 Å². The lowest BCUT2D eigenvalue weighted by Gasteiger charge is -2.29. The first-order valence-corrected chi connectivity index (χ1v) is 5.62. The molecule has 2 atom stereocenters. The lowest BCUT2D eigenvalue weighted by Crippen LogP contribution is -2.43. The maximum Gasteiger partial charge on any atom is 0.225 e. The molecule has 1 N–H and O–H groups in total. The fourth-order valence-electron chi connectivity index (χ4n) is 1.87. The Balaban J connectivity index is 2.37. The molecule has 0 saturated carbocycles. The van der Waals surface area contributed by atoms with Crippen molar-refractivity contribution in [2.45, 2.75) is 20.3 Å². The summed E-state index contributed by atoms with van der Waals surface area (Å²) in [6.07, 6.45) is 0.757. The third-order valence-corrected chi connectivity index (χ3v) is 2.81. The first-order chi connectivity index (χ1) is 7.15. The summed E-state index contributed by atoms with van der Waals surface area (Å²) >= 11 is 0. The molecule has 1 aliphatic rings. The van der Waals surface area contributed by atoms with E-state index in [1.165, 1.54) is 0 Å². The van der Waals surface area contributed by atoms with Crippen molar-refractivity contribution in [3.05, 3.63) is 0 Å². The molecule has 0 radical (unpaired) electrons. The van der Waals surface area contributed by atoms with Crippen molar-refractivity contribution < 1.29 is 14.6 Å². The van der Waals surface area contributed by atoms with Gasteiger partial charge in [-0.3, -0.25) is 4.79 Å². The summed E-state index contributed by atoms with van der Waals surface area (Å²) in [4.78, 5) is 13.8. The minimum Gasteiger partial charge on any atom is -0.396 e. The number of rotatable bonds is 4. The fraction of sp³-hybridized carbons (Fsp3) is 0.909. The van der Waals surface area contributed by atoms with Crippen LogP contribution >= 0.6 is 0 Å². The molecular formula is C11H21NO3. The summed E-state index contributed by atoms with van der Waals surface area (Å²) in [6, 6.07) is 0. The van der Waals surface area contributed by atoms with Gasteiger partial charge in [-0.05, 0) is 12.3 Å². The fourth-order valence-corrected chi connectivity index (χ4v) is 1.87. The van der Waals surface area contributed by atoms with Gasteiger partial charge in [0.2, 0.25) is 5.91 Å². The van der Waals surface area contributed by atoms with Crippen LogP contribution in [0.15, 0.2) is 0 Å². The monoisotopic (exact) mass is 215 g/mol. The Hall–Kier alpha value is -0.610. The van der Waals surface area contributed by atoms with E-state index in [4.69, 9.17) is 9.84 Å². The molecule has 0 aromatic rings. The normalized spacial score (nSPS) is 21.1. The van der Waals surface area contributed by atoms with E-state index >= 15 is 0 Å². The number of aliphatic hydroxyl groups is 1. The highest BCUT2D eigenvalue weighted by Crippen LogP contribution is 2.14. The number of carbonyl (C=O) groups is 1. The molecule has 0 bridgehead atoms. The number of carbonyl (C=O) groups excluding carboxylic acids is 1. The number of amides is 1. The highest BCUT2D eigenvalue weighted by molar-refractivity contribution is 5.78. The zero-order valence-electron chi connectivity index (χ0n) is 9.61. The average Bonchev–Trinajstić information content (AvgIpc) is 2.29. The predicted molar refractivity (Wildman–Crippen MR) is 57.4 cm³/mol. The van der Waals surface area contributed by atoms with Crippen LogP contribution in [0, 0.1) is 11.8 Å². The molecule has 2 unspecified atom stereocenters. The average molecular weight is 215 g/mol. The number of hydrogen-bond donors (Lipinski definition) is 1. The lowest BCUT2D eigenvalue weighted by molar-refractivity contribution is -0.139. The van der Waals surface area contributed by atoms with Gasteiger partial charge in [-0.15, -0.1) is 0 Å². The van der Waals surface area contributed by atoms with Crippen molar-refractivity contribution in [1.29, 1.82) is 0 Å². The van der Waals surface area contributed by atoms with E-state index in [0.717, 1.165) is 6.42 Å². The topological polar surface area (TPSA) is 49.8 Å². The Bertz CT molecular complexity index is 202. The van der Waals surface area contributed by atoms with Gasteiger partial charge in [0, 0.05) is 25.6 Å². The summed E-state index contributed by atoms with van der Waals surface area (Å²) in [5.74, 6) is 0.397. The molecule has 1 rings (SSSR count). The summed E-state index contributed by atoms with van der Waals surface area (Å²) in [5, 5.41) is 8.93. The summed E-state index contributed by atoms with van der Waals surface area (Å²) < 4.78 is 5.20. The maximum atomic E-state index is 11.9. The van der Waals surface area contributed by atoms with Gasteiger partial charge in [0.05, 0.1) is 13.2 Å². The Morgan fingerprint density at radius 2 is 2.00 bits per heavy atom. The second-order valence-corrected chi connectivity index (χ2v) is 4.36. The molecule has 0 spiro atoms. The van der Waals surface area contributed by atoms with E-state index in [1.807, 2.05) is 18.7 Å². The van der Waals surface area contributed by atoms with Crippen molar-refractivity contribution in [3.8, 4) is 0 Å². The van der Waals surface area contributed by atoms with Crippen LogP contribution in [0.2, 0.25) is 0 Å². The molecule has 1 fully saturated rings. The highest BCUT2D eigenvalue weighted by Gasteiger charge is 2.23. The summed E-state index contributed by atoms with van der Waals surface area (Å²) in [6.45, 7) is 6.75. The molecule has 0 aliphatic carbocycles.